The number of benzene rings is 1. The molecule has 1 heterocycles. The van der Waals surface area contributed by atoms with Gasteiger partial charge in [0.05, 0.1) is 24.0 Å². The van der Waals surface area contributed by atoms with Crippen LogP contribution in [0.25, 0.3) is 0 Å². The zero-order chi connectivity index (χ0) is 15.6. The number of rotatable bonds is 5. The highest BCUT2D eigenvalue weighted by molar-refractivity contribution is 7.89. The third-order valence-corrected chi connectivity index (χ3v) is 5.19. The van der Waals surface area contributed by atoms with Gasteiger partial charge in [0.15, 0.2) is 0 Å². The highest BCUT2D eigenvalue weighted by atomic mass is 32.2. The second kappa shape index (κ2) is 5.82. The number of carboxylic acid groups (broad SMARTS) is 1. The van der Waals surface area contributed by atoms with Crippen molar-refractivity contribution in [2.45, 2.75) is 11.3 Å². The van der Waals surface area contributed by atoms with Crippen LogP contribution in [-0.4, -0.2) is 50.0 Å². The number of hydrogen-bond acceptors (Lipinski definition) is 5. The molecule has 7 nitrogen and oxygen atoms in total. The highest BCUT2D eigenvalue weighted by Gasteiger charge is 2.39. The van der Waals surface area contributed by atoms with E-state index in [0.29, 0.717) is 0 Å². The third kappa shape index (κ3) is 3.06. The van der Waals surface area contributed by atoms with Crippen molar-refractivity contribution in [1.29, 1.82) is 0 Å². The number of ether oxygens (including phenoxy) is 1. The molecule has 1 aliphatic heterocycles. The van der Waals surface area contributed by atoms with Gasteiger partial charge in [-0.3, -0.25) is 4.79 Å². The number of sulfonamides is 1. The Morgan fingerprint density at radius 3 is 2.52 bits per heavy atom. The molecular weight excluding hydrogens is 298 g/mol. The predicted molar refractivity (Wildman–Crippen MR) is 72.3 cm³/mol. The normalized spacial score (nSPS) is 16.2. The van der Waals surface area contributed by atoms with Crippen LogP contribution in [0.1, 0.15) is 16.8 Å². The Morgan fingerprint density at radius 1 is 1.33 bits per heavy atom. The van der Waals surface area contributed by atoms with Gasteiger partial charge >= 0.3 is 11.9 Å². The molecule has 0 radical (unpaired) electrons. The highest BCUT2D eigenvalue weighted by Crippen LogP contribution is 2.28. The number of hydrogen-bond donors (Lipinski definition) is 1. The predicted octanol–water partition coefficient (Wildman–Crippen LogP) is 0.568. The first-order valence-corrected chi connectivity index (χ1v) is 7.69. The Labute approximate surface area is 122 Å². The fourth-order valence-corrected chi connectivity index (χ4v) is 3.98. The number of carbonyl (C=O) groups excluding carboxylic acids is 1. The SMILES string of the molecule is COC(=O)c1ccccc1S(=O)(=O)N1CC(CC(=O)O)C1. The molecular formula is C13H15NO6S. The van der Waals surface area contributed by atoms with Crippen molar-refractivity contribution in [2.75, 3.05) is 20.2 Å². The fraction of sp³-hybridized carbons (Fsp3) is 0.385. The van der Waals surface area contributed by atoms with Crippen LogP contribution in [0.15, 0.2) is 29.2 Å². The summed E-state index contributed by atoms with van der Waals surface area (Å²) in [6.07, 6.45) is -0.0648. The molecule has 0 aromatic heterocycles. The van der Waals surface area contributed by atoms with E-state index in [0.717, 1.165) is 0 Å². The number of esters is 1. The molecule has 1 saturated heterocycles. The van der Waals surface area contributed by atoms with Crippen molar-refractivity contribution in [3.63, 3.8) is 0 Å². The number of carboxylic acids is 1. The van der Waals surface area contributed by atoms with E-state index < -0.39 is 22.0 Å². The number of carbonyl (C=O) groups is 2. The minimum atomic E-state index is -3.82. The van der Waals surface area contributed by atoms with Crippen molar-refractivity contribution >= 4 is 22.0 Å². The second-order valence-electron chi connectivity index (χ2n) is 4.77. The molecule has 0 unspecified atom stereocenters. The van der Waals surface area contributed by atoms with E-state index in [4.69, 9.17) is 5.11 Å². The molecule has 2 rings (SSSR count). The maximum Gasteiger partial charge on any atom is 0.339 e. The van der Waals surface area contributed by atoms with Crippen molar-refractivity contribution in [3.05, 3.63) is 29.8 Å². The van der Waals surface area contributed by atoms with E-state index >= 15 is 0 Å². The summed E-state index contributed by atoms with van der Waals surface area (Å²) in [6.45, 7) is 0.286. The van der Waals surface area contributed by atoms with E-state index in [1.165, 1.54) is 29.6 Å². The summed E-state index contributed by atoms with van der Waals surface area (Å²) in [4.78, 5) is 22.1. The monoisotopic (exact) mass is 313 g/mol. The fourth-order valence-electron chi connectivity index (χ4n) is 2.20. The summed E-state index contributed by atoms with van der Waals surface area (Å²) in [5.74, 6) is -1.87. The molecule has 8 heteroatoms. The van der Waals surface area contributed by atoms with Gasteiger partial charge in [-0.05, 0) is 18.1 Å². The molecule has 21 heavy (non-hydrogen) atoms. The average Bonchev–Trinajstić information content (AvgIpc) is 2.41. The summed E-state index contributed by atoms with van der Waals surface area (Å²) >= 11 is 0. The smallest absolute Gasteiger partial charge is 0.339 e. The van der Waals surface area contributed by atoms with Gasteiger partial charge in [-0.25, -0.2) is 13.2 Å². The summed E-state index contributed by atoms with van der Waals surface area (Å²) in [5, 5.41) is 8.67. The van der Waals surface area contributed by atoms with Gasteiger partial charge in [-0.1, -0.05) is 12.1 Å². The maximum absolute atomic E-state index is 12.5. The molecule has 1 aromatic rings. The van der Waals surface area contributed by atoms with Crippen molar-refractivity contribution < 1.29 is 27.9 Å². The standard InChI is InChI=1S/C13H15NO6S/c1-20-13(17)10-4-2-3-5-11(10)21(18,19)14-7-9(8-14)6-12(15)16/h2-5,9H,6-8H2,1H3,(H,15,16). The van der Waals surface area contributed by atoms with E-state index in [1.54, 1.807) is 6.07 Å². The summed E-state index contributed by atoms with van der Waals surface area (Å²) < 4.78 is 30.7. The van der Waals surface area contributed by atoms with Crippen molar-refractivity contribution in [2.24, 2.45) is 5.92 Å². The number of aliphatic carboxylic acids is 1. The van der Waals surface area contributed by atoms with Crippen LogP contribution in [0, 0.1) is 5.92 Å². The Balaban J connectivity index is 2.22. The van der Waals surface area contributed by atoms with Gasteiger partial charge in [0.25, 0.3) is 0 Å². The van der Waals surface area contributed by atoms with Crippen LogP contribution in [0.5, 0.6) is 0 Å². The lowest BCUT2D eigenvalue weighted by Gasteiger charge is -2.37. The van der Waals surface area contributed by atoms with Gasteiger partial charge in [0.2, 0.25) is 10.0 Å². The first-order valence-electron chi connectivity index (χ1n) is 6.25. The average molecular weight is 313 g/mol. The molecule has 114 valence electrons. The van der Waals surface area contributed by atoms with Crippen LogP contribution >= 0.6 is 0 Å². The van der Waals surface area contributed by atoms with Gasteiger partial charge in [-0.2, -0.15) is 4.31 Å². The van der Waals surface area contributed by atoms with Gasteiger partial charge in [0.1, 0.15) is 0 Å². The molecule has 0 amide bonds. The third-order valence-electron chi connectivity index (χ3n) is 3.30. The van der Waals surface area contributed by atoms with E-state index in [2.05, 4.69) is 4.74 Å². The lowest BCUT2D eigenvalue weighted by Crippen LogP contribution is -2.50. The van der Waals surface area contributed by atoms with Crippen molar-refractivity contribution in [1.82, 2.24) is 4.31 Å². The van der Waals surface area contributed by atoms with Crippen LogP contribution < -0.4 is 0 Å². The molecule has 1 aliphatic rings. The Morgan fingerprint density at radius 2 is 1.95 bits per heavy atom. The Bertz CT molecular complexity index is 663. The molecule has 0 saturated carbocycles. The molecule has 0 aliphatic carbocycles. The quantitative estimate of drug-likeness (QED) is 0.797. The zero-order valence-electron chi connectivity index (χ0n) is 11.4. The van der Waals surface area contributed by atoms with E-state index in [9.17, 15) is 18.0 Å². The van der Waals surface area contributed by atoms with Gasteiger partial charge in [-0.15, -0.1) is 0 Å². The molecule has 0 spiro atoms. The topological polar surface area (TPSA) is 101 Å². The number of nitrogens with zero attached hydrogens (tertiary/aromatic N) is 1. The van der Waals surface area contributed by atoms with Crippen molar-refractivity contribution in [3.8, 4) is 0 Å². The summed E-state index contributed by atoms with van der Waals surface area (Å²) in [6, 6.07) is 5.79. The first-order chi connectivity index (χ1) is 9.86. The molecule has 1 fully saturated rings. The molecule has 1 N–H and O–H groups in total. The summed E-state index contributed by atoms with van der Waals surface area (Å²) in [5.41, 5.74) is -0.0262. The van der Waals surface area contributed by atoms with E-state index in [1.807, 2.05) is 0 Å². The second-order valence-corrected chi connectivity index (χ2v) is 6.68. The van der Waals surface area contributed by atoms with Crippen LogP contribution in [0.4, 0.5) is 0 Å². The zero-order valence-corrected chi connectivity index (χ0v) is 12.2. The maximum atomic E-state index is 12.5. The summed E-state index contributed by atoms with van der Waals surface area (Å²) in [7, 11) is -2.64. The van der Waals surface area contributed by atoms with Crippen LogP contribution in [0.3, 0.4) is 0 Å². The van der Waals surface area contributed by atoms with Crippen LogP contribution in [-0.2, 0) is 19.6 Å². The first kappa shape index (κ1) is 15.5. The minimum absolute atomic E-state index is 0.0262. The largest absolute Gasteiger partial charge is 0.481 e. The molecule has 0 atom stereocenters. The minimum Gasteiger partial charge on any atom is -0.481 e. The van der Waals surface area contributed by atoms with Crippen LogP contribution in [0.2, 0.25) is 0 Å². The van der Waals surface area contributed by atoms with Gasteiger partial charge < -0.3 is 9.84 Å². The molecule has 1 aromatic carbocycles. The Hall–Kier alpha value is -1.93. The number of methoxy groups -OCH3 is 1. The lowest BCUT2D eigenvalue weighted by molar-refractivity contribution is -0.139. The van der Waals surface area contributed by atoms with E-state index in [-0.39, 0.29) is 35.9 Å². The Kier molecular flexibility index (Phi) is 4.29. The van der Waals surface area contributed by atoms with Gasteiger partial charge in [0, 0.05) is 13.1 Å². The molecule has 0 bridgehead atoms. The lowest BCUT2D eigenvalue weighted by atomic mass is 10.00.